The van der Waals surface area contributed by atoms with Crippen LogP contribution in [0.15, 0.2) is 60.7 Å². The standard InChI is InChI=1S/C26H28O5.ClH/c1-2-3-4-5-6-7-16-30-23-13-10-19(11-14-23)26(29)31-24-15-12-20-17-22(25(27)28)9-8-21(20)18-24;/h8-15,17-18H,2-7,16H2,1H3,(H,27,28);1H. The molecule has 0 atom stereocenters. The number of rotatable bonds is 11. The van der Waals surface area contributed by atoms with Crippen molar-refractivity contribution in [2.75, 3.05) is 6.61 Å². The molecule has 0 amide bonds. The first kappa shape index (κ1) is 25.2. The molecular weight excluding hydrogens is 428 g/mol. The van der Waals surface area contributed by atoms with Gasteiger partial charge >= 0.3 is 11.9 Å². The second-order valence-corrected chi connectivity index (χ2v) is 7.56. The van der Waals surface area contributed by atoms with Crippen LogP contribution in [0.4, 0.5) is 0 Å². The van der Waals surface area contributed by atoms with E-state index in [0.29, 0.717) is 17.9 Å². The summed E-state index contributed by atoms with van der Waals surface area (Å²) < 4.78 is 11.2. The van der Waals surface area contributed by atoms with Crippen molar-refractivity contribution < 1.29 is 24.2 Å². The summed E-state index contributed by atoms with van der Waals surface area (Å²) in [4.78, 5) is 23.5. The summed E-state index contributed by atoms with van der Waals surface area (Å²) in [6.07, 6.45) is 7.28. The molecule has 32 heavy (non-hydrogen) atoms. The third-order valence-corrected chi connectivity index (χ3v) is 5.13. The predicted octanol–water partition coefficient (Wildman–Crippen LogP) is 6.92. The molecule has 0 saturated carbocycles. The van der Waals surface area contributed by atoms with Gasteiger partial charge in [0.05, 0.1) is 17.7 Å². The van der Waals surface area contributed by atoms with Gasteiger partial charge < -0.3 is 14.6 Å². The zero-order valence-corrected chi connectivity index (χ0v) is 19.0. The molecule has 0 radical (unpaired) electrons. The van der Waals surface area contributed by atoms with Gasteiger partial charge in [0, 0.05) is 0 Å². The van der Waals surface area contributed by atoms with Crippen molar-refractivity contribution >= 4 is 35.1 Å². The molecule has 0 saturated heterocycles. The number of carboxylic acid groups (broad SMARTS) is 1. The maximum Gasteiger partial charge on any atom is 0.343 e. The van der Waals surface area contributed by atoms with Gasteiger partial charge in [0.25, 0.3) is 0 Å². The number of esters is 1. The number of carboxylic acids is 1. The lowest BCUT2D eigenvalue weighted by Gasteiger charge is -2.08. The molecule has 1 N–H and O–H groups in total. The number of carbonyl (C=O) groups excluding carboxylic acids is 1. The van der Waals surface area contributed by atoms with Gasteiger partial charge in [0.2, 0.25) is 0 Å². The molecule has 5 nitrogen and oxygen atoms in total. The van der Waals surface area contributed by atoms with Gasteiger partial charge in [-0.05, 0) is 65.7 Å². The molecule has 0 fully saturated rings. The number of hydrogen-bond donors (Lipinski definition) is 1. The van der Waals surface area contributed by atoms with Crippen molar-refractivity contribution in [3.05, 3.63) is 71.8 Å². The first-order chi connectivity index (χ1) is 15.1. The maximum absolute atomic E-state index is 12.4. The second kappa shape index (κ2) is 12.7. The summed E-state index contributed by atoms with van der Waals surface area (Å²) in [5.41, 5.74) is 0.657. The molecule has 3 aromatic rings. The topological polar surface area (TPSA) is 72.8 Å². The zero-order valence-electron chi connectivity index (χ0n) is 18.2. The van der Waals surface area contributed by atoms with Crippen molar-refractivity contribution in [3.63, 3.8) is 0 Å². The Kier molecular flexibility index (Phi) is 10.0. The minimum Gasteiger partial charge on any atom is -0.494 e. The van der Waals surface area contributed by atoms with Crippen molar-refractivity contribution in [3.8, 4) is 11.5 Å². The second-order valence-electron chi connectivity index (χ2n) is 7.56. The number of carbonyl (C=O) groups is 2. The molecule has 0 aliphatic heterocycles. The van der Waals surface area contributed by atoms with Crippen LogP contribution >= 0.6 is 12.4 Å². The molecule has 0 aromatic heterocycles. The van der Waals surface area contributed by atoms with E-state index in [0.717, 1.165) is 22.9 Å². The van der Waals surface area contributed by atoms with E-state index in [1.165, 1.54) is 38.2 Å². The summed E-state index contributed by atoms with van der Waals surface area (Å²) in [7, 11) is 0. The number of hydrogen-bond acceptors (Lipinski definition) is 4. The van der Waals surface area contributed by atoms with E-state index in [9.17, 15) is 9.59 Å². The molecule has 0 spiro atoms. The lowest BCUT2D eigenvalue weighted by Crippen LogP contribution is -2.08. The maximum atomic E-state index is 12.4. The van der Waals surface area contributed by atoms with Crippen molar-refractivity contribution in [1.82, 2.24) is 0 Å². The number of aromatic carboxylic acids is 1. The van der Waals surface area contributed by atoms with E-state index in [1.807, 2.05) is 0 Å². The number of unbranched alkanes of at least 4 members (excludes halogenated alkanes) is 5. The van der Waals surface area contributed by atoms with Crippen LogP contribution in [0.1, 0.15) is 66.2 Å². The predicted molar refractivity (Wildman–Crippen MR) is 128 cm³/mol. The average molecular weight is 457 g/mol. The van der Waals surface area contributed by atoms with E-state index in [4.69, 9.17) is 14.6 Å². The highest BCUT2D eigenvalue weighted by Gasteiger charge is 2.10. The quantitative estimate of drug-likeness (QED) is 0.192. The molecule has 3 aromatic carbocycles. The summed E-state index contributed by atoms with van der Waals surface area (Å²) in [6, 6.07) is 16.9. The number of halogens is 1. The molecule has 170 valence electrons. The Hall–Kier alpha value is -3.05. The highest BCUT2D eigenvalue weighted by atomic mass is 35.5. The normalized spacial score (nSPS) is 10.4. The molecule has 0 bridgehead atoms. The molecule has 0 heterocycles. The molecule has 0 aliphatic rings. The lowest BCUT2D eigenvalue weighted by molar-refractivity contribution is 0.0694. The van der Waals surface area contributed by atoms with E-state index in [2.05, 4.69) is 6.92 Å². The first-order valence-electron chi connectivity index (χ1n) is 10.8. The fourth-order valence-corrected chi connectivity index (χ4v) is 3.35. The van der Waals surface area contributed by atoms with Gasteiger partial charge in [-0.15, -0.1) is 12.4 Å². The highest BCUT2D eigenvalue weighted by Crippen LogP contribution is 2.23. The van der Waals surface area contributed by atoms with E-state index < -0.39 is 11.9 Å². The summed E-state index contributed by atoms with van der Waals surface area (Å²) >= 11 is 0. The van der Waals surface area contributed by atoms with Crippen LogP contribution in [0.2, 0.25) is 0 Å². The summed E-state index contributed by atoms with van der Waals surface area (Å²) in [6.45, 7) is 2.89. The zero-order chi connectivity index (χ0) is 22.1. The van der Waals surface area contributed by atoms with Crippen molar-refractivity contribution in [2.45, 2.75) is 45.4 Å². The van der Waals surface area contributed by atoms with Gasteiger partial charge in [-0.1, -0.05) is 51.2 Å². The average Bonchev–Trinajstić information content (AvgIpc) is 2.78. The van der Waals surface area contributed by atoms with E-state index in [1.54, 1.807) is 54.6 Å². The van der Waals surface area contributed by atoms with Gasteiger partial charge in [-0.2, -0.15) is 0 Å². The van der Waals surface area contributed by atoms with Gasteiger partial charge in [0.1, 0.15) is 11.5 Å². The molecule has 6 heteroatoms. The Morgan fingerprint density at radius 1 is 0.750 bits per heavy atom. The van der Waals surface area contributed by atoms with Crippen LogP contribution < -0.4 is 9.47 Å². The fourth-order valence-electron chi connectivity index (χ4n) is 3.35. The van der Waals surface area contributed by atoms with Gasteiger partial charge in [-0.25, -0.2) is 9.59 Å². The Balaban J connectivity index is 0.00000363. The fraction of sp³-hybridized carbons (Fsp3) is 0.308. The van der Waals surface area contributed by atoms with Crippen LogP contribution in [0.25, 0.3) is 10.8 Å². The van der Waals surface area contributed by atoms with Gasteiger partial charge in [0.15, 0.2) is 0 Å². The number of ether oxygens (including phenoxy) is 2. The van der Waals surface area contributed by atoms with Gasteiger partial charge in [-0.3, -0.25) is 0 Å². The highest BCUT2D eigenvalue weighted by molar-refractivity contribution is 5.95. The van der Waals surface area contributed by atoms with Crippen LogP contribution in [0.5, 0.6) is 11.5 Å². The minimum atomic E-state index is -0.975. The van der Waals surface area contributed by atoms with Crippen LogP contribution in [0.3, 0.4) is 0 Å². The summed E-state index contributed by atoms with van der Waals surface area (Å²) in [5.74, 6) is -0.283. The van der Waals surface area contributed by atoms with Crippen molar-refractivity contribution in [2.24, 2.45) is 0 Å². The summed E-state index contributed by atoms with van der Waals surface area (Å²) in [5, 5.41) is 10.7. The molecule has 3 rings (SSSR count). The van der Waals surface area contributed by atoms with Crippen LogP contribution in [-0.4, -0.2) is 23.7 Å². The van der Waals surface area contributed by atoms with Crippen molar-refractivity contribution in [1.29, 1.82) is 0 Å². The largest absolute Gasteiger partial charge is 0.494 e. The van der Waals surface area contributed by atoms with Crippen LogP contribution in [-0.2, 0) is 0 Å². The third-order valence-electron chi connectivity index (χ3n) is 5.13. The molecule has 0 unspecified atom stereocenters. The third kappa shape index (κ3) is 7.27. The Labute approximate surface area is 194 Å². The minimum absolute atomic E-state index is 0. The molecular formula is C26H29ClO5. The Bertz CT molecular complexity index is 1030. The lowest BCUT2D eigenvalue weighted by atomic mass is 10.1. The van der Waals surface area contributed by atoms with E-state index in [-0.39, 0.29) is 18.0 Å². The molecule has 0 aliphatic carbocycles. The van der Waals surface area contributed by atoms with Crippen LogP contribution in [0, 0.1) is 0 Å². The monoisotopic (exact) mass is 456 g/mol. The number of benzene rings is 3. The Morgan fingerprint density at radius 2 is 1.34 bits per heavy atom. The smallest absolute Gasteiger partial charge is 0.343 e. The number of fused-ring (bicyclic) bond motifs is 1. The van der Waals surface area contributed by atoms with E-state index >= 15 is 0 Å². The Morgan fingerprint density at radius 3 is 2.06 bits per heavy atom. The SMILES string of the molecule is CCCCCCCCOc1ccc(C(=O)Oc2ccc3cc(C(=O)O)ccc3c2)cc1.Cl. The first-order valence-corrected chi connectivity index (χ1v) is 10.8.